The maximum absolute atomic E-state index is 11.5. The smallest absolute Gasteiger partial charge is 0.339 e. The van der Waals surface area contributed by atoms with Crippen molar-refractivity contribution in [3.05, 3.63) is 23.4 Å². The highest BCUT2D eigenvalue weighted by Crippen LogP contribution is 2.20. The van der Waals surface area contributed by atoms with Crippen LogP contribution in [0, 0.1) is 6.92 Å². The SMILES string of the molecule is COC(=O)c1ccc(N2CCC(O)CC2)nc1C. The lowest BCUT2D eigenvalue weighted by atomic mass is 10.1. The van der Waals surface area contributed by atoms with Crippen molar-refractivity contribution < 1.29 is 14.6 Å². The van der Waals surface area contributed by atoms with Gasteiger partial charge in [-0.25, -0.2) is 9.78 Å². The first kappa shape index (κ1) is 12.8. The second-order valence-electron chi connectivity index (χ2n) is 4.51. The molecule has 18 heavy (non-hydrogen) atoms. The van der Waals surface area contributed by atoms with Crippen LogP contribution >= 0.6 is 0 Å². The van der Waals surface area contributed by atoms with Crippen LogP contribution in [-0.2, 0) is 4.74 Å². The van der Waals surface area contributed by atoms with Crippen LogP contribution in [0.3, 0.4) is 0 Å². The van der Waals surface area contributed by atoms with Crippen molar-refractivity contribution in [1.82, 2.24) is 4.98 Å². The van der Waals surface area contributed by atoms with Gasteiger partial charge in [0.2, 0.25) is 0 Å². The summed E-state index contributed by atoms with van der Waals surface area (Å²) >= 11 is 0. The van der Waals surface area contributed by atoms with Gasteiger partial charge in [-0.05, 0) is 31.9 Å². The Balaban J connectivity index is 2.16. The molecule has 1 fully saturated rings. The van der Waals surface area contributed by atoms with E-state index in [0.717, 1.165) is 31.7 Å². The Morgan fingerprint density at radius 3 is 2.67 bits per heavy atom. The Bertz CT molecular complexity index is 440. The van der Waals surface area contributed by atoms with Crippen LogP contribution in [0.2, 0.25) is 0 Å². The van der Waals surface area contributed by atoms with E-state index in [9.17, 15) is 9.90 Å². The Morgan fingerprint density at radius 1 is 1.44 bits per heavy atom. The molecular formula is C13H18N2O3. The molecule has 5 heteroatoms. The number of aromatic nitrogens is 1. The molecule has 1 aliphatic rings. The lowest BCUT2D eigenvalue weighted by Gasteiger charge is -2.30. The Kier molecular flexibility index (Phi) is 3.81. The zero-order chi connectivity index (χ0) is 13.1. The van der Waals surface area contributed by atoms with Gasteiger partial charge in [0, 0.05) is 13.1 Å². The predicted octanol–water partition coefficient (Wildman–Crippen LogP) is 1.14. The molecular weight excluding hydrogens is 232 g/mol. The van der Waals surface area contributed by atoms with Gasteiger partial charge in [0.1, 0.15) is 5.82 Å². The molecule has 98 valence electrons. The molecule has 1 saturated heterocycles. The minimum Gasteiger partial charge on any atom is -0.465 e. The number of aliphatic hydroxyl groups excluding tert-OH is 1. The summed E-state index contributed by atoms with van der Waals surface area (Å²) in [6, 6.07) is 3.57. The number of methoxy groups -OCH3 is 1. The topological polar surface area (TPSA) is 62.7 Å². The van der Waals surface area contributed by atoms with Gasteiger partial charge in [-0.1, -0.05) is 0 Å². The second kappa shape index (κ2) is 5.35. The van der Waals surface area contributed by atoms with Crippen LogP contribution in [0.5, 0.6) is 0 Å². The second-order valence-corrected chi connectivity index (χ2v) is 4.51. The molecule has 0 saturated carbocycles. The van der Waals surface area contributed by atoms with Crippen molar-refractivity contribution in [2.24, 2.45) is 0 Å². The number of esters is 1. The largest absolute Gasteiger partial charge is 0.465 e. The molecule has 0 spiro atoms. The fourth-order valence-electron chi connectivity index (χ4n) is 2.14. The Hall–Kier alpha value is -1.62. The molecule has 5 nitrogen and oxygen atoms in total. The van der Waals surface area contributed by atoms with E-state index in [-0.39, 0.29) is 12.1 Å². The van der Waals surface area contributed by atoms with Crippen LogP contribution in [0.25, 0.3) is 0 Å². The van der Waals surface area contributed by atoms with Gasteiger partial charge >= 0.3 is 5.97 Å². The summed E-state index contributed by atoms with van der Waals surface area (Å²) in [7, 11) is 1.36. The molecule has 2 rings (SSSR count). The van der Waals surface area contributed by atoms with E-state index in [4.69, 9.17) is 4.74 Å². The molecule has 1 aliphatic heterocycles. The van der Waals surface area contributed by atoms with Crippen LogP contribution in [0.4, 0.5) is 5.82 Å². The molecule has 0 atom stereocenters. The third-order valence-electron chi connectivity index (χ3n) is 3.26. The summed E-state index contributed by atoms with van der Waals surface area (Å²) < 4.78 is 4.69. The lowest BCUT2D eigenvalue weighted by molar-refractivity contribution is 0.0599. The first-order chi connectivity index (χ1) is 8.61. The monoisotopic (exact) mass is 250 g/mol. The molecule has 0 aromatic carbocycles. The summed E-state index contributed by atoms with van der Waals surface area (Å²) in [6.07, 6.45) is 1.33. The summed E-state index contributed by atoms with van der Waals surface area (Å²) in [6.45, 7) is 3.39. The molecule has 1 aromatic rings. The molecule has 0 aliphatic carbocycles. The highest BCUT2D eigenvalue weighted by molar-refractivity contribution is 5.90. The van der Waals surface area contributed by atoms with Crippen LogP contribution in [-0.4, -0.2) is 42.4 Å². The fraction of sp³-hybridized carbons (Fsp3) is 0.538. The predicted molar refractivity (Wildman–Crippen MR) is 67.8 cm³/mol. The molecule has 0 radical (unpaired) electrons. The van der Waals surface area contributed by atoms with Gasteiger partial charge in [-0.15, -0.1) is 0 Å². The number of anilines is 1. The minimum atomic E-state index is -0.361. The van der Waals surface area contributed by atoms with Gasteiger partial charge in [0.05, 0.1) is 24.5 Å². The zero-order valence-electron chi connectivity index (χ0n) is 10.7. The highest BCUT2D eigenvalue weighted by atomic mass is 16.5. The van der Waals surface area contributed by atoms with Crippen molar-refractivity contribution in [2.75, 3.05) is 25.1 Å². The summed E-state index contributed by atoms with van der Waals surface area (Å²) in [4.78, 5) is 18.0. The van der Waals surface area contributed by atoms with Gasteiger partial charge in [0.15, 0.2) is 0 Å². The lowest BCUT2D eigenvalue weighted by Crippen LogP contribution is -2.36. The van der Waals surface area contributed by atoms with E-state index in [0.29, 0.717) is 11.3 Å². The standard InChI is InChI=1S/C13H18N2O3/c1-9-11(13(17)18-2)3-4-12(14-9)15-7-5-10(16)6-8-15/h3-4,10,16H,5-8H2,1-2H3. The minimum absolute atomic E-state index is 0.198. The van der Waals surface area contributed by atoms with E-state index in [1.165, 1.54) is 7.11 Å². The van der Waals surface area contributed by atoms with Crippen molar-refractivity contribution >= 4 is 11.8 Å². The van der Waals surface area contributed by atoms with Gasteiger partial charge < -0.3 is 14.7 Å². The molecule has 1 aromatic heterocycles. The highest BCUT2D eigenvalue weighted by Gasteiger charge is 2.19. The van der Waals surface area contributed by atoms with Gasteiger partial charge in [-0.3, -0.25) is 0 Å². The number of nitrogens with zero attached hydrogens (tertiary/aromatic N) is 2. The normalized spacial score (nSPS) is 16.7. The molecule has 0 unspecified atom stereocenters. The molecule has 2 heterocycles. The van der Waals surface area contributed by atoms with Crippen molar-refractivity contribution in [2.45, 2.75) is 25.9 Å². The number of hydrogen-bond acceptors (Lipinski definition) is 5. The first-order valence-corrected chi connectivity index (χ1v) is 6.11. The number of pyridine rings is 1. The van der Waals surface area contributed by atoms with E-state index in [2.05, 4.69) is 9.88 Å². The number of aryl methyl sites for hydroxylation is 1. The van der Waals surface area contributed by atoms with Crippen molar-refractivity contribution in [1.29, 1.82) is 0 Å². The maximum Gasteiger partial charge on any atom is 0.339 e. The number of ether oxygens (including phenoxy) is 1. The zero-order valence-corrected chi connectivity index (χ0v) is 10.7. The van der Waals surface area contributed by atoms with E-state index >= 15 is 0 Å². The van der Waals surface area contributed by atoms with E-state index in [1.54, 1.807) is 13.0 Å². The van der Waals surface area contributed by atoms with Crippen molar-refractivity contribution in [3.8, 4) is 0 Å². The Morgan fingerprint density at radius 2 is 2.11 bits per heavy atom. The van der Waals surface area contributed by atoms with Gasteiger partial charge in [0.25, 0.3) is 0 Å². The maximum atomic E-state index is 11.5. The number of carbonyl (C=O) groups excluding carboxylic acids is 1. The molecule has 0 amide bonds. The number of carbonyl (C=O) groups is 1. The van der Waals surface area contributed by atoms with E-state index < -0.39 is 0 Å². The Labute approximate surface area is 106 Å². The summed E-state index contributed by atoms with van der Waals surface area (Å²) in [5.74, 6) is 0.493. The third kappa shape index (κ3) is 2.61. The van der Waals surface area contributed by atoms with Crippen LogP contribution in [0.15, 0.2) is 12.1 Å². The van der Waals surface area contributed by atoms with Crippen LogP contribution in [0.1, 0.15) is 28.9 Å². The summed E-state index contributed by atoms with van der Waals surface area (Å²) in [5, 5.41) is 9.47. The van der Waals surface area contributed by atoms with Gasteiger partial charge in [-0.2, -0.15) is 0 Å². The molecule has 1 N–H and O–H groups in total. The number of aliphatic hydroxyl groups is 1. The number of hydrogen-bond donors (Lipinski definition) is 1. The summed E-state index contributed by atoms with van der Waals surface area (Å²) in [5.41, 5.74) is 1.17. The number of piperidine rings is 1. The van der Waals surface area contributed by atoms with Crippen molar-refractivity contribution in [3.63, 3.8) is 0 Å². The quantitative estimate of drug-likeness (QED) is 0.797. The molecule has 0 bridgehead atoms. The number of rotatable bonds is 2. The average Bonchev–Trinajstić information content (AvgIpc) is 2.38. The average molecular weight is 250 g/mol. The fourth-order valence-corrected chi connectivity index (χ4v) is 2.14. The first-order valence-electron chi connectivity index (χ1n) is 6.11. The van der Waals surface area contributed by atoms with E-state index in [1.807, 2.05) is 6.07 Å². The third-order valence-corrected chi connectivity index (χ3v) is 3.26. The van der Waals surface area contributed by atoms with Crippen LogP contribution < -0.4 is 4.90 Å².